The number of benzene rings is 1. The molecule has 1 nitrogen and oxygen atoms in total. The Balaban J connectivity index is 2.33. The van der Waals surface area contributed by atoms with Crippen molar-refractivity contribution in [2.24, 2.45) is 0 Å². The van der Waals surface area contributed by atoms with Gasteiger partial charge in [0.2, 0.25) is 0 Å². The van der Waals surface area contributed by atoms with Gasteiger partial charge in [-0.2, -0.15) is 0 Å². The SMILES string of the molecule is O=C1CC[C@@H]1c1ccccc1F. The van der Waals surface area contributed by atoms with Crippen molar-refractivity contribution in [1.82, 2.24) is 0 Å². The number of carbonyl (C=O) groups excluding carboxylic acids is 1. The van der Waals surface area contributed by atoms with Gasteiger partial charge in [-0.25, -0.2) is 4.39 Å². The topological polar surface area (TPSA) is 17.1 Å². The zero-order valence-corrected chi connectivity index (χ0v) is 6.59. The Bertz CT molecular complexity index is 319. The Kier molecular flexibility index (Phi) is 1.68. The summed E-state index contributed by atoms with van der Waals surface area (Å²) in [5.41, 5.74) is 0.564. The average molecular weight is 164 g/mol. The standard InChI is InChI=1S/C10H9FO/c11-9-4-2-1-3-7(9)8-5-6-10(8)12/h1-4,8H,5-6H2/t8-/m1/s1. The third kappa shape index (κ3) is 1.04. The van der Waals surface area contributed by atoms with Crippen molar-refractivity contribution in [2.45, 2.75) is 18.8 Å². The van der Waals surface area contributed by atoms with Crippen molar-refractivity contribution < 1.29 is 9.18 Å². The van der Waals surface area contributed by atoms with Gasteiger partial charge in [-0.05, 0) is 18.1 Å². The first-order valence-electron chi connectivity index (χ1n) is 4.06. The van der Waals surface area contributed by atoms with E-state index in [1.165, 1.54) is 6.07 Å². The third-order valence-electron chi connectivity index (χ3n) is 2.35. The largest absolute Gasteiger partial charge is 0.299 e. The number of Topliss-reactive ketones (excluding diaryl/α,β-unsaturated/α-hetero) is 1. The summed E-state index contributed by atoms with van der Waals surface area (Å²) in [6.45, 7) is 0. The maximum absolute atomic E-state index is 13.1. The summed E-state index contributed by atoms with van der Waals surface area (Å²) in [5.74, 6) is -0.248. The second-order valence-electron chi connectivity index (χ2n) is 3.08. The van der Waals surface area contributed by atoms with E-state index in [4.69, 9.17) is 0 Å². The normalized spacial score (nSPS) is 22.1. The summed E-state index contributed by atoms with van der Waals surface area (Å²) < 4.78 is 13.1. The Labute approximate surface area is 70.2 Å². The molecule has 0 radical (unpaired) electrons. The summed E-state index contributed by atoms with van der Waals surface area (Å²) in [4.78, 5) is 11.0. The first kappa shape index (κ1) is 7.47. The molecule has 0 bridgehead atoms. The summed E-state index contributed by atoms with van der Waals surface area (Å²) >= 11 is 0. The zero-order chi connectivity index (χ0) is 8.55. The van der Waals surface area contributed by atoms with Crippen molar-refractivity contribution in [2.75, 3.05) is 0 Å². The van der Waals surface area contributed by atoms with Crippen molar-refractivity contribution in [3.05, 3.63) is 35.6 Å². The van der Waals surface area contributed by atoms with Crippen LogP contribution < -0.4 is 0 Å². The quantitative estimate of drug-likeness (QED) is 0.622. The summed E-state index contributed by atoms with van der Waals surface area (Å²) in [6.07, 6.45) is 1.42. The molecule has 1 aromatic rings. The highest BCUT2D eigenvalue weighted by Crippen LogP contribution is 2.33. The lowest BCUT2D eigenvalue weighted by Gasteiger charge is -2.24. The van der Waals surface area contributed by atoms with Crippen LogP contribution in [-0.2, 0) is 4.79 Å². The number of carbonyl (C=O) groups is 1. The van der Waals surface area contributed by atoms with Crippen LogP contribution in [-0.4, -0.2) is 5.78 Å². The van der Waals surface area contributed by atoms with E-state index in [-0.39, 0.29) is 17.5 Å². The molecule has 12 heavy (non-hydrogen) atoms. The maximum atomic E-state index is 13.1. The number of ketones is 1. The fourth-order valence-corrected chi connectivity index (χ4v) is 1.49. The van der Waals surface area contributed by atoms with Gasteiger partial charge in [0.05, 0.1) is 0 Å². The Morgan fingerprint density at radius 3 is 2.58 bits per heavy atom. The van der Waals surface area contributed by atoms with Crippen LogP contribution in [0.2, 0.25) is 0 Å². The molecule has 0 N–H and O–H groups in total. The van der Waals surface area contributed by atoms with Crippen LogP contribution in [0.25, 0.3) is 0 Å². The van der Waals surface area contributed by atoms with Gasteiger partial charge in [-0.1, -0.05) is 18.2 Å². The molecule has 1 aliphatic carbocycles. The molecule has 1 aromatic carbocycles. The van der Waals surface area contributed by atoms with E-state index < -0.39 is 0 Å². The highest BCUT2D eigenvalue weighted by Gasteiger charge is 2.31. The third-order valence-corrected chi connectivity index (χ3v) is 2.35. The molecule has 0 aromatic heterocycles. The van der Waals surface area contributed by atoms with E-state index in [0.717, 1.165) is 6.42 Å². The van der Waals surface area contributed by atoms with Gasteiger partial charge in [0.15, 0.2) is 0 Å². The van der Waals surface area contributed by atoms with Gasteiger partial charge in [0.25, 0.3) is 0 Å². The molecule has 1 atom stereocenters. The lowest BCUT2D eigenvalue weighted by Crippen LogP contribution is -2.24. The molecule has 0 amide bonds. The molecule has 62 valence electrons. The predicted molar refractivity (Wildman–Crippen MR) is 43.4 cm³/mol. The Hall–Kier alpha value is -1.18. The number of halogens is 1. The molecule has 0 heterocycles. The zero-order valence-electron chi connectivity index (χ0n) is 6.59. The smallest absolute Gasteiger partial charge is 0.140 e. The first-order chi connectivity index (χ1) is 5.79. The monoisotopic (exact) mass is 164 g/mol. The number of rotatable bonds is 1. The summed E-state index contributed by atoms with van der Waals surface area (Å²) in [5, 5.41) is 0. The van der Waals surface area contributed by atoms with Gasteiger partial charge in [-0.3, -0.25) is 4.79 Å². The molecule has 0 aliphatic heterocycles. The molecule has 1 saturated carbocycles. The van der Waals surface area contributed by atoms with Gasteiger partial charge in [-0.15, -0.1) is 0 Å². The van der Waals surface area contributed by atoms with Crippen molar-refractivity contribution in [3.63, 3.8) is 0 Å². The Morgan fingerprint density at radius 2 is 2.08 bits per heavy atom. The maximum Gasteiger partial charge on any atom is 0.140 e. The number of hydrogen-bond donors (Lipinski definition) is 0. The fraction of sp³-hybridized carbons (Fsp3) is 0.300. The van der Waals surface area contributed by atoms with Crippen LogP contribution in [0.3, 0.4) is 0 Å². The predicted octanol–water partition coefficient (Wildman–Crippen LogP) is 2.27. The molecular weight excluding hydrogens is 155 g/mol. The van der Waals surface area contributed by atoms with E-state index in [9.17, 15) is 9.18 Å². The minimum Gasteiger partial charge on any atom is -0.299 e. The van der Waals surface area contributed by atoms with Gasteiger partial charge < -0.3 is 0 Å². The molecule has 2 heteroatoms. The Morgan fingerprint density at radius 1 is 1.33 bits per heavy atom. The molecule has 2 rings (SSSR count). The molecule has 0 saturated heterocycles. The van der Waals surface area contributed by atoms with Crippen LogP contribution in [0.4, 0.5) is 4.39 Å². The van der Waals surface area contributed by atoms with E-state index in [2.05, 4.69) is 0 Å². The van der Waals surface area contributed by atoms with Gasteiger partial charge in [0, 0.05) is 12.3 Å². The van der Waals surface area contributed by atoms with Crippen LogP contribution in [0.1, 0.15) is 24.3 Å². The molecule has 0 unspecified atom stereocenters. The minimum atomic E-state index is -0.254. The molecular formula is C10H9FO. The average Bonchev–Trinajstić information content (AvgIpc) is 2.06. The van der Waals surface area contributed by atoms with E-state index >= 15 is 0 Å². The minimum absolute atomic E-state index is 0.161. The second-order valence-corrected chi connectivity index (χ2v) is 3.08. The highest BCUT2D eigenvalue weighted by atomic mass is 19.1. The van der Waals surface area contributed by atoms with Gasteiger partial charge in [0.1, 0.15) is 11.6 Å². The lowest BCUT2D eigenvalue weighted by molar-refractivity contribution is -0.125. The van der Waals surface area contributed by atoms with Crippen LogP contribution in [0.15, 0.2) is 24.3 Å². The second kappa shape index (κ2) is 2.70. The summed E-state index contributed by atoms with van der Waals surface area (Å²) in [7, 11) is 0. The van der Waals surface area contributed by atoms with E-state index in [1.807, 2.05) is 0 Å². The molecule has 1 aliphatic rings. The van der Waals surface area contributed by atoms with Crippen molar-refractivity contribution in [1.29, 1.82) is 0 Å². The van der Waals surface area contributed by atoms with E-state index in [0.29, 0.717) is 12.0 Å². The van der Waals surface area contributed by atoms with Crippen LogP contribution in [0.5, 0.6) is 0 Å². The van der Waals surface area contributed by atoms with Crippen LogP contribution in [0, 0.1) is 5.82 Å². The fourth-order valence-electron chi connectivity index (χ4n) is 1.49. The van der Waals surface area contributed by atoms with Gasteiger partial charge >= 0.3 is 0 Å². The number of hydrogen-bond acceptors (Lipinski definition) is 1. The van der Waals surface area contributed by atoms with Crippen molar-refractivity contribution >= 4 is 5.78 Å². The van der Waals surface area contributed by atoms with E-state index in [1.54, 1.807) is 18.2 Å². The lowest BCUT2D eigenvalue weighted by atomic mass is 9.78. The first-order valence-corrected chi connectivity index (χ1v) is 4.06. The van der Waals surface area contributed by atoms with Crippen LogP contribution >= 0.6 is 0 Å². The molecule has 0 spiro atoms. The highest BCUT2D eigenvalue weighted by molar-refractivity contribution is 5.91. The summed E-state index contributed by atoms with van der Waals surface area (Å²) in [6, 6.07) is 6.50. The molecule has 1 fully saturated rings. The van der Waals surface area contributed by atoms with Crippen molar-refractivity contribution in [3.8, 4) is 0 Å².